The number of aliphatic hydroxyl groups excluding tert-OH is 1. The Hall–Kier alpha value is -2.84. The molecule has 2 aromatic rings. The van der Waals surface area contributed by atoms with Gasteiger partial charge in [0.15, 0.2) is 0 Å². The number of nitrogens with one attached hydrogen (secondary N) is 2. The van der Waals surface area contributed by atoms with Gasteiger partial charge >= 0.3 is 5.97 Å². The fourth-order valence-corrected chi connectivity index (χ4v) is 5.83. The van der Waals surface area contributed by atoms with E-state index >= 15 is 0 Å². The molecule has 1 amide bonds. The Kier molecular flexibility index (Phi) is 12.5. The molecule has 2 aromatic carbocycles. The van der Waals surface area contributed by atoms with Crippen LogP contribution in [-0.4, -0.2) is 42.8 Å². The SMILES string of the molecule is COC(=O)CCCCCC(=O)N[C@@H](Cc1cc(F)cc(F)c1)[C@H](O)CNC1(c2cccc(C(C)(C)C)c2)CCCCC1. The summed E-state index contributed by atoms with van der Waals surface area (Å²) in [6, 6.07) is 11.2. The van der Waals surface area contributed by atoms with E-state index in [-0.39, 0.29) is 42.2 Å². The highest BCUT2D eigenvalue weighted by molar-refractivity contribution is 5.76. The van der Waals surface area contributed by atoms with Gasteiger partial charge in [-0.1, -0.05) is 70.7 Å². The average Bonchev–Trinajstić information content (AvgIpc) is 2.95. The maximum atomic E-state index is 14.0. The summed E-state index contributed by atoms with van der Waals surface area (Å²) in [4.78, 5) is 24.2. The average molecular weight is 587 g/mol. The molecule has 0 saturated heterocycles. The van der Waals surface area contributed by atoms with Gasteiger partial charge in [-0.25, -0.2) is 8.78 Å². The number of unbranched alkanes of at least 4 members (excludes halogenated alkanes) is 2. The highest BCUT2D eigenvalue weighted by Crippen LogP contribution is 2.38. The number of amides is 1. The summed E-state index contributed by atoms with van der Waals surface area (Å²) in [6.45, 7) is 6.79. The van der Waals surface area contributed by atoms with E-state index in [0.717, 1.165) is 38.2 Å². The quantitative estimate of drug-likeness (QED) is 0.181. The zero-order valence-corrected chi connectivity index (χ0v) is 25.6. The fourth-order valence-electron chi connectivity index (χ4n) is 5.83. The molecule has 1 aliphatic rings. The van der Waals surface area contributed by atoms with Crippen molar-refractivity contribution < 1.29 is 28.2 Å². The Balaban J connectivity index is 1.73. The van der Waals surface area contributed by atoms with Gasteiger partial charge in [-0.15, -0.1) is 0 Å². The van der Waals surface area contributed by atoms with E-state index in [1.807, 2.05) is 0 Å². The maximum absolute atomic E-state index is 14.0. The number of ether oxygens (including phenoxy) is 1. The standard InChI is InChI=1S/C34H48F2N2O4/c1-33(2,3)25-12-11-13-26(21-25)34(16-9-6-10-17-34)37-23-30(39)29(20-24-18-27(35)22-28(36)19-24)38-31(40)14-7-5-8-15-32(41)42-4/h11-13,18-19,21-22,29-30,37,39H,5-10,14-17,20,23H2,1-4H3,(H,38,40)/t29-,30+/m0/s1. The number of halogens is 2. The zero-order chi connectivity index (χ0) is 30.8. The van der Waals surface area contributed by atoms with Gasteiger partial charge in [-0.05, 0) is 66.3 Å². The van der Waals surface area contributed by atoms with Gasteiger partial charge in [0.25, 0.3) is 0 Å². The lowest BCUT2D eigenvalue weighted by Gasteiger charge is -2.41. The topological polar surface area (TPSA) is 87.7 Å². The second-order valence-corrected chi connectivity index (χ2v) is 12.7. The number of carbonyl (C=O) groups excluding carboxylic acids is 2. The molecular formula is C34H48F2N2O4. The van der Waals surface area contributed by atoms with Crippen LogP contribution in [0.25, 0.3) is 0 Å². The molecule has 1 saturated carbocycles. The summed E-state index contributed by atoms with van der Waals surface area (Å²) < 4.78 is 32.6. The van der Waals surface area contributed by atoms with Crippen LogP contribution in [0.15, 0.2) is 42.5 Å². The van der Waals surface area contributed by atoms with Crippen molar-refractivity contribution >= 4 is 11.9 Å². The van der Waals surface area contributed by atoms with Crippen LogP contribution in [0, 0.1) is 11.6 Å². The largest absolute Gasteiger partial charge is 0.469 e. The predicted octanol–water partition coefficient (Wildman–Crippen LogP) is 6.22. The van der Waals surface area contributed by atoms with E-state index in [4.69, 9.17) is 0 Å². The van der Waals surface area contributed by atoms with Gasteiger partial charge in [0.1, 0.15) is 11.6 Å². The Morgan fingerprint density at radius 1 is 0.976 bits per heavy atom. The molecule has 0 spiro atoms. The van der Waals surface area contributed by atoms with E-state index in [0.29, 0.717) is 31.2 Å². The van der Waals surface area contributed by atoms with Crippen molar-refractivity contribution in [2.75, 3.05) is 13.7 Å². The van der Waals surface area contributed by atoms with E-state index in [1.54, 1.807) is 0 Å². The van der Waals surface area contributed by atoms with Crippen molar-refractivity contribution in [3.05, 3.63) is 70.8 Å². The first-order valence-electron chi connectivity index (χ1n) is 15.3. The molecule has 3 N–H and O–H groups in total. The van der Waals surface area contributed by atoms with Crippen molar-refractivity contribution in [1.82, 2.24) is 10.6 Å². The molecule has 3 rings (SSSR count). The van der Waals surface area contributed by atoms with Crippen LogP contribution >= 0.6 is 0 Å². The monoisotopic (exact) mass is 586 g/mol. The number of benzene rings is 2. The number of carbonyl (C=O) groups is 2. The van der Waals surface area contributed by atoms with Crippen LogP contribution < -0.4 is 10.6 Å². The van der Waals surface area contributed by atoms with Gasteiger partial charge < -0.3 is 20.5 Å². The van der Waals surface area contributed by atoms with Gasteiger partial charge in [0.05, 0.1) is 19.3 Å². The molecule has 0 unspecified atom stereocenters. The van der Waals surface area contributed by atoms with Crippen LogP contribution in [0.1, 0.15) is 102 Å². The van der Waals surface area contributed by atoms with Gasteiger partial charge in [-0.3, -0.25) is 9.59 Å². The number of rotatable bonds is 14. The lowest BCUT2D eigenvalue weighted by Crippen LogP contribution is -2.53. The van der Waals surface area contributed by atoms with E-state index < -0.39 is 23.8 Å². The normalized spacial score (nSPS) is 16.5. The van der Waals surface area contributed by atoms with E-state index in [9.17, 15) is 23.5 Å². The Morgan fingerprint density at radius 2 is 1.64 bits per heavy atom. The van der Waals surface area contributed by atoms with Crippen LogP contribution in [0.5, 0.6) is 0 Å². The zero-order valence-electron chi connectivity index (χ0n) is 25.6. The Morgan fingerprint density at radius 3 is 2.29 bits per heavy atom. The minimum Gasteiger partial charge on any atom is -0.469 e. The predicted molar refractivity (Wildman–Crippen MR) is 161 cm³/mol. The second kappa shape index (κ2) is 15.6. The molecule has 42 heavy (non-hydrogen) atoms. The molecule has 6 nitrogen and oxygen atoms in total. The van der Waals surface area contributed by atoms with Crippen LogP contribution in [0.2, 0.25) is 0 Å². The summed E-state index contributed by atoms with van der Waals surface area (Å²) in [7, 11) is 1.35. The van der Waals surface area contributed by atoms with Crippen molar-refractivity contribution in [3.63, 3.8) is 0 Å². The second-order valence-electron chi connectivity index (χ2n) is 12.7. The van der Waals surface area contributed by atoms with Crippen molar-refractivity contribution in [1.29, 1.82) is 0 Å². The van der Waals surface area contributed by atoms with Crippen molar-refractivity contribution in [2.24, 2.45) is 0 Å². The first-order chi connectivity index (χ1) is 19.9. The third-order valence-electron chi connectivity index (χ3n) is 8.34. The van der Waals surface area contributed by atoms with Crippen molar-refractivity contribution in [3.8, 4) is 0 Å². The third-order valence-corrected chi connectivity index (χ3v) is 8.34. The van der Waals surface area contributed by atoms with E-state index in [1.165, 1.54) is 30.4 Å². The maximum Gasteiger partial charge on any atom is 0.305 e. The summed E-state index contributed by atoms with van der Waals surface area (Å²) >= 11 is 0. The summed E-state index contributed by atoms with van der Waals surface area (Å²) in [6.07, 6.45) is 6.66. The molecule has 0 aromatic heterocycles. The summed E-state index contributed by atoms with van der Waals surface area (Å²) in [5.74, 6) is -1.93. The molecule has 1 aliphatic carbocycles. The van der Waals surface area contributed by atoms with Crippen molar-refractivity contribution in [2.45, 2.75) is 114 Å². The number of methoxy groups -OCH3 is 1. The van der Waals surface area contributed by atoms with Crippen LogP contribution in [0.4, 0.5) is 8.78 Å². The minimum absolute atomic E-state index is 0.000295. The minimum atomic E-state index is -0.996. The molecule has 8 heteroatoms. The molecule has 0 heterocycles. The van der Waals surface area contributed by atoms with Gasteiger partial charge in [0, 0.05) is 31.0 Å². The highest BCUT2D eigenvalue weighted by atomic mass is 19.1. The Labute approximate surface area is 249 Å². The molecule has 232 valence electrons. The van der Waals surface area contributed by atoms with Gasteiger partial charge in [-0.2, -0.15) is 0 Å². The molecular weight excluding hydrogens is 538 g/mol. The molecule has 0 aliphatic heterocycles. The summed E-state index contributed by atoms with van der Waals surface area (Å²) in [5.41, 5.74) is 2.50. The van der Waals surface area contributed by atoms with Crippen LogP contribution in [-0.2, 0) is 31.7 Å². The third kappa shape index (κ3) is 10.2. The number of aliphatic hydroxyl groups is 1. The Bertz CT molecular complexity index is 1150. The first kappa shape index (κ1) is 33.7. The van der Waals surface area contributed by atoms with E-state index in [2.05, 4.69) is 60.4 Å². The number of hydrogen-bond acceptors (Lipinski definition) is 5. The number of hydrogen-bond donors (Lipinski definition) is 3. The lowest BCUT2D eigenvalue weighted by molar-refractivity contribution is -0.140. The van der Waals surface area contributed by atoms with Gasteiger partial charge in [0.2, 0.25) is 5.91 Å². The lowest BCUT2D eigenvalue weighted by atomic mass is 9.74. The fraction of sp³-hybridized carbons (Fsp3) is 0.588. The molecule has 2 atom stereocenters. The highest BCUT2D eigenvalue weighted by Gasteiger charge is 2.35. The smallest absolute Gasteiger partial charge is 0.305 e. The molecule has 0 bridgehead atoms. The first-order valence-corrected chi connectivity index (χ1v) is 15.3. The molecule has 1 fully saturated rings. The summed E-state index contributed by atoms with van der Waals surface area (Å²) in [5, 5.41) is 18.0. The van der Waals surface area contributed by atoms with Crippen LogP contribution in [0.3, 0.4) is 0 Å². The number of esters is 1. The molecule has 0 radical (unpaired) electrons.